The summed E-state index contributed by atoms with van der Waals surface area (Å²) in [4.78, 5) is 87.7. The van der Waals surface area contributed by atoms with Gasteiger partial charge in [0.1, 0.15) is 53.6 Å². The summed E-state index contributed by atoms with van der Waals surface area (Å²) in [5.41, 5.74) is 6.76. The molecule has 2 atom stereocenters. The summed E-state index contributed by atoms with van der Waals surface area (Å²) in [5.74, 6) is -4.03. The van der Waals surface area contributed by atoms with E-state index in [1.54, 1.807) is 24.3 Å². The summed E-state index contributed by atoms with van der Waals surface area (Å²) in [6.07, 6.45) is 0. The Balaban J connectivity index is 1.22. The summed E-state index contributed by atoms with van der Waals surface area (Å²) < 4.78 is 11.4. The number of phenolic OH excluding ortho intramolecular Hbond substituents is 1. The van der Waals surface area contributed by atoms with Crippen molar-refractivity contribution in [3.05, 3.63) is 98.3 Å². The topological polar surface area (TPSA) is 253 Å². The number of thiazole rings is 1. The lowest BCUT2D eigenvalue weighted by atomic mass is 9.90. The number of hydrogen-bond donors (Lipinski definition) is 5. The highest BCUT2D eigenvalue weighted by Crippen LogP contribution is 2.44. The van der Waals surface area contributed by atoms with E-state index >= 15 is 0 Å². The van der Waals surface area contributed by atoms with Crippen molar-refractivity contribution in [1.29, 1.82) is 0 Å². The number of nitrogens with two attached hydrogens (primary N) is 1. The van der Waals surface area contributed by atoms with E-state index in [1.807, 2.05) is 0 Å². The first-order valence-electron chi connectivity index (χ1n) is 16.6. The number of thioether (sulfide) groups is 1. The van der Waals surface area contributed by atoms with Gasteiger partial charge in [0.25, 0.3) is 17.7 Å². The number of amides is 3. The van der Waals surface area contributed by atoms with E-state index in [-0.39, 0.29) is 74.8 Å². The smallest absolute Gasteiger partial charge is 0.336 e. The first-order chi connectivity index (χ1) is 26.9. The molecule has 56 heavy (non-hydrogen) atoms. The van der Waals surface area contributed by atoms with E-state index in [0.717, 1.165) is 11.3 Å². The van der Waals surface area contributed by atoms with E-state index in [9.17, 15) is 39.0 Å². The Labute approximate surface area is 324 Å². The van der Waals surface area contributed by atoms with Crippen LogP contribution in [0, 0.1) is 0 Å². The predicted molar refractivity (Wildman–Crippen MR) is 204 cm³/mol. The number of aromatic nitrogens is 1. The fourth-order valence-corrected chi connectivity index (χ4v) is 8.36. The van der Waals surface area contributed by atoms with Crippen molar-refractivity contribution in [1.82, 2.24) is 20.5 Å². The average Bonchev–Trinajstić information content (AvgIpc) is 3.61. The number of nitrogens with one attached hydrogen (secondary N) is 2. The molecule has 286 valence electrons. The van der Waals surface area contributed by atoms with Gasteiger partial charge in [-0.1, -0.05) is 23.4 Å². The van der Waals surface area contributed by atoms with Crippen molar-refractivity contribution in [2.24, 2.45) is 5.16 Å². The van der Waals surface area contributed by atoms with Gasteiger partial charge in [-0.15, -0.1) is 23.1 Å². The van der Waals surface area contributed by atoms with Crippen molar-refractivity contribution in [3.8, 4) is 28.2 Å². The highest BCUT2D eigenvalue weighted by Gasteiger charge is 2.54. The largest absolute Gasteiger partial charge is 0.507 e. The molecular formula is C37H30N6O11S2. The number of fused-ring (bicyclic) bond motifs is 3. The van der Waals surface area contributed by atoms with E-state index in [2.05, 4.69) is 20.8 Å². The lowest BCUT2D eigenvalue weighted by molar-refractivity contribution is -0.147. The number of oxime groups is 1. The van der Waals surface area contributed by atoms with Gasteiger partial charge in [0.2, 0.25) is 0 Å². The molecule has 3 amide bonds. The number of esters is 1. The molecule has 1 fully saturated rings. The molecule has 0 saturated carbocycles. The summed E-state index contributed by atoms with van der Waals surface area (Å²) in [6, 6.07) is 12.2. The van der Waals surface area contributed by atoms with Gasteiger partial charge in [0, 0.05) is 46.2 Å². The fourth-order valence-electron chi connectivity index (χ4n) is 6.48. The number of carbonyl (C=O) groups excluding carboxylic acids is 4. The number of benzene rings is 3. The highest BCUT2D eigenvalue weighted by atomic mass is 32.2. The predicted octanol–water partition coefficient (Wildman–Crippen LogP) is 2.89. The SMILES string of the molecule is CO/N=C(\C(=O)NC1C(=O)N2C(C(=O)NCc3c(O)ccc4c(-c5ccccc5C(=O)O)c5ccc(=O)cc-5oc34)=C(COC(C)=O)CSC12)c1csc(N)n1. The van der Waals surface area contributed by atoms with Gasteiger partial charge in [-0.05, 0) is 35.9 Å². The monoisotopic (exact) mass is 798 g/mol. The van der Waals surface area contributed by atoms with Gasteiger partial charge in [0.15, 0.2) is 16.3 Å². The van der Waals surface area contributed by atoms with Crippen LogP contribution >= 0.6 is 23.1 Å². The number of rotatable bonds is 11. The minimum atomic E-state index is -1.19. The van der Waals surface area contributed by atoms with Gasteiger partial charge >= 0.3 is 11.9 Å². The third-order valence-electron chi connectivity index (χ3n) is 8.95. The number of aromatic carboxylic acids is 1. The second-order valence-electron chi connectivity index (χ2n) is 12.4. The number of hydrogen-bond acceptors (Lipinski definition) is 15. The minimum absolute atomic E-state index is 0.0175. The first kappa shape index (κ1) is 37.6. The molecule has 3 aliphatic heterocycles. The normalized spacial score (nSPS) is 16.6. The second-order valence-corrected chi connectivity index (χ2v) is 14.4. The third kappa shape index (κ3) is 6.88. The number of anilines is 1. The maximum absolute atomic E-state index is 14.1. The van der Waals surface area contributed by atoms with Crippen molar-refractivity contribution < 1.29 is 48.2 Å². The van der Waals surface area contributed by atoms with Gasteiger partial charge < -0.3 is 40.6 Å². The summed E-state index contributed by atoms with van der Waals surface area (Å²) in [5, 5.41) is 31.6. The number of nitrogen functional groups attached to an aromatic ring is 1. The van der Waals surface area contributed by atoms with Crippen LogP contribution in [0.25, 0.3) is 33.4 Å². The molecule has 4 aliphatic rings. The zero-order chi connectivity index (χ0) is 39.8. The lowest BCUT2D eigenvalue weighted by Crippen LogP contribution is -2.71. The molecule has 6 N–H and O–H groups in total. The molecule has 3 aromatic rings. The van der Waals surface area contributed by atoms with E-state index < -0.39 is 41.1 Å². The molecule has 0 bridgehead atoms. The number of ether oxygens (including phenoxy) is 1. The number of phenols is 1. The Hall–Kier alpha value is -6.73. The zero-order valence-electron chi connectivity index (χ0n) is 29.4. The molecule has 1 aliphatic carbocycles. The number of aromatic hydroxyl groups is 1. The molecule has 4 heterocycles. The molecule has 2 aromatic carbocycles. The standard InChI is InChI=1S/C37H30N6O11S2/c1-16(44)53-13-17-14-55-35-29(41-32(47)28(42-52-2)24-15-56-37(38)40-24)34(49)43(35)30(17)33(48)39-12-23-25(46)10-9-22-27(19-5-3-4-6-20(19)36(50)51)21-8-7-18(45)11-26(21)54-31(22)23/h3-11,15,29,35,46H,12-14H2,1-2H3,(H2,38,40)(H,39,48)(H,41,47)(H,50,51)/b42-28-. The molecule has 2 unspecified atom stereocenters. The maximum atomic E-state index is 14.1. The number of carbonyl (C=O) groups is 5. The van der Waals surface area contributed by atoms with Gasteiger partial charge in [-0.2, -0.15) is 0 Å². The Morgan fingerprint density at radius 3 is 2.61 bits per heavy atom. The van der Waals surface area contributed by atoms with Gasteiger partial charge in [-0.25, -0.2) is 9.78 Å². The van der Waals surface area contributed by atoms with Crippen LogP contribution in [-0.2, 0) is 35.3 Å². The molecule has 0 radical (unpaired) electrons. The summed E-state index contributed by atoms with van der Waals surface area (Å²) >= 11 is 2.31. The quantitative estimate of drug-likeness (QED) is 0.0424. The van der Waals surface area contributed by atoms with Crippen LogP contribution in [0.15, 0.2) is 85.6 Å². The van der Waals surface area contributed by atoms with Crippen molar-refractivity contribution in [2.45, 2.75) is 24.9 Å². The van der Waals surface area contributed by atoms with Crippen molar-refractivity contribution in [3.63, 3.8) is 0 Å². The van der Waals surface area contributed by atoms with Crippen LogP contribution in [0.5, 0.6) is 5.75 Å². The Morgan fingerprint density at radius 2 is 1.89 bits per heavy atom. The lowest BCUT2D eigenvalue weighted by Gasteiger charge is -2.50. The van der Waals surface area contributed by atoms with Gasteiger partial charge in [-0.3, -0.25) is 28.9 Å². The first-order valence-corrected chi connectivity index (χ1v) is 18.6. The highest BCUT2D eigenvalue weighted by molar-refractivity contribution is 8.00. The van der Waals surface area contributed by atoms with E-state index in [4.69, 9.17) is 19.7 Å². The number of nitrogens with zero attached hydrogens (tertiary/aromatic N) is 3. The van der Waals surface area contributed by atoms with Crippen LogP contribution in [0.2, 0.25) is 0 Å². The van der Waals surface area contributed by atoms with Crippen LogP contribution < -0.4 is 21.8 Å². The van der Waals surface area contributed by atoms with Crippen LogP contribution in [0.3, 0.4) is 0 Å². The molecule has 17 nitrogen and oxygen atoms in total. The summed E-state index contributed by atoms with van der Waals surface area (Å²) in [6.45, 7) is 0.523. The van der Waals surface area contributed by atoms with Crippen LogP contribution in [-0.4, -0.2) is 86.4 Å². The Bertz CT molecular complexity index is 2560. The van der Waals surface area contributed by atoms with E-state index in [0.29, 0.717) is 27.6 Å². The van der Waals surface area contributed by atoms with Crippen LogP contribution in [0.1, 0.15) is 28.5 Å². The van der Waals surface area contributed by atoms with Gasteiger partial charge in [0.05, 0.1) is 17.7 Å². The Morgan fingerprint density at radius 1 is 1.11 bits per heavy atom. The number of β-lactam (4-membered cyclic amide) rings is 1. The third-order valence-corrected chi connectivity index (χ3v) is 11.0. The fraction of sp³-hybridized carbons (Fsp3) is 0.189. The van der Waals surface area contributed by atoms with Crippen molar-refractivity contribution >= 4 is 74.6 Å². The summed E-state index contributed by atoms with van der Waals surface area (Å²) in [7, 11) is 1.24. The number of carboxylic acid groups (broad SMARTS) is 1. The molecule has 1 aromatic heterocycles. The molecule has 7 rings (SSSR count). The minimum Gasteiger partial charge on any atom is -0.507 e. The zero-order valence-corrected chi connectivity index (χ0v) is 31.0. The maximum Gasteiger partial charge on any atom is 0.336 e. The molecule has 0 spiro atoms. The van der Waals surface area contributed by atoms with E-state index in [1.165, 1.54) is 66.4 Å². The van der Waals surface area contributed by atoms with Crippen LogP contribution in [0.4, 0.5) is 5.13 Å². The van der Waals surface area contributed by atoms with Crippen molar-refractivity contribution in [2.75, 3.05) is 25.2 Å². The average molecular weight is 799 g/mol. The second kappa shape index (κ2) is 15.2. The Kier molecular flexibility index (Phi) is 10.2. The number of carboxylic acids is 1. The molecule has 19 heteroatoms. The molecular weight excluding hydrogens is 769 g/mol. The molecule has 1 saturated heterocycles.